The number of carbonyl (C=O) groups is 1. The van der Waals surface area contributed by atoms with Crippen molar-refractivity contribution in [1.29, 1.82) is 0 Å². The number of hydrogen-bond acceptors (Lipinski definition) is 2. The van der Waals surface area contributed by atoms with Gasteiger partial charge in [0.2, 0.25) is 0 Å². The van der Waals surface area contributed by atoms with Gasteiger partial charge >= 0.3 is 0 Å². The quantitative estimate of drug-likeness (QED) is 0.743. The first kappa shape index (κ1) is 11.9. The summed E-state index contributed by atoms with van der Waals surface area (Å²) in [5.41, 5.74) is 2.48. The van der Waals surface area contributed by atoms with Crippen LogP contribution in [0.25, 0.3) is 0 Å². The molecule has 0 radical (unpaired) electrons. The number of rotatable bonds is 5. The highest BCUT2D eigenvalue weighted by Gasteiger charge is 2.13. The zero-order valence-corrected chi connectivity index (χ0v) is 10.3. The molecule has 0 N–H and O–H groups in total. The average Bonchev–Trinajstić information content (AvgIpc) is 2.42. The highest BCUT2D eigenvalue weighted by Crippen LogP contribution is 2.34. The Bertz CT molecular complexity index is 413. The van der Waals surface area contributed by atoms with E-state index in [1.165, 1.54) is 11.1 Å². The molecule has 86 valence electrons. The molecule has 0 unspecified atom stereocenters. The molecule has 0 fully saturated rings. The summed E-state index contributed by atoms with van der Waals surface area (Å²) in [5.74, 6) is 0.522. The second-order valence-electron chi connectivity index (χ2n) is 3.70. The van der Waals surface area contributed by atoms with Gasteiger partial charge in [0.1, 0.15) is 6.29 Å². The Morgan fingerprint density at radius 1 is 0.882 bits per heavy atom. The van der Waals surface area contributed by atoms with Crippen LogP contribution in [0.3, 0.4) is 0 Å². The van der Waals surface area contributed by atoms with Crippen LogP contribution in [0.2, 0.25) is 0 Å². The van der Waals surface area contributed by atoms with Crippen LogP contribution in [0.1, 0.15) is 16.4 Å². The van der Waals surface area contributed by atoms with Gasteiger partial charge in [-0.2, -0.15) is 0 Å². The number of hydrogen-bond donors (Lipinski definition) is 0. The first-order valence-electron chi connectivity index (χ1n) is 5.57. The molecule has 1 nitrogen and oxygen atoms in total. The van der Waals surface area contributed by atoms with Crippen LogP contribution in [0, 0.1) is 0 Å². The normalized spacial score (nSPS) is 10.4. The lowest BCUT2D eigenvalue weighted by Gasteiger charge is -2.16. The Morgan fingerprint density at radius 2 is 1.35 bits per heavy atom. The van der Waals surface area contributed by atoms with Crippen molar-refractivity contribution in [3.05, 3.63) is 71.8 Å². The molecule has 2 rings (SSSR count). The van der Waals surface area contributed by atoms with Gasteiger partial charge in [0.05, 0.1) is 11.0 Å². The summed E-state index contributed by atoms with van der Waals surface area (Å²) in [5, 5.41) is 0.239. The zero-order chi connectivity index (χ0) is 11.9. The Labute approximate surface area is 106 Å². The van der Waals surface area contributed by atoms with Crippen LogP contribution >= 0.6 is 11.8 Å². The molecule has 2 aromatic rings. The summed E-state index contributed by atoms with van der Waals surface area (Å²) in [4.78, 5) is 10.6. The van der Waals surface area contributed by atoms with Gasteiger partial charge in [-0.3, -0.25) is 0 Å². The molecular formula is C15H14OS. The summed E-state index contributed by atoms with van der Waals surface area (Å²) in [6.07, 6.45) is 0.962. The van der Waals surface area contributed by atoms with Gasteiger partial charge in [0.25, 0.3) is 0 Å². The third-order valence-electron chi connectivity index (χ3n) is 2.54. The van der Waals surface area contributed by atoms with Crippen molar-refractivity contribution in [3.63, 3.8) is 0 Å². The van der Waals surface area contributed by atoms with Crippen molar-refractivity contribution < 1.29 is 4.79 Å². The Morgan fingerprint density at radius 3 is 1.76 bits per heavy atom. The first-order valence-corrected chi connectivity index (χ1v) is 6.62. The average molecular weight is 242 g/mol. The molecule has 0 spiro atoms. The number of carbonyl (C=O) groups excluding carboxylic acids is 1. The SMILES string of the molecule is O=CCSC(c1ccccc1)c1ccccc1. The molecule has 0 aliphatic rings. The standard InChI is InChI=1S/C15H14OS/c16-11-12-17-15(13-7-3-1-4-8-13)14-9-5-2-6-10-14/h1-11,15H,12H2. The van der Waals surface area contributed by atoms with E-state index < -0.39 is 0 Å². The Hall–Kier alpha value is -1.54. The van der Waals surface area contributed by atoms with Gasteiger partial charge in [-0.25, -0.2) is 0 Å². The van der Waals surface area contributed by atoms with Crippen LogP contribution in [0.15, 0.2) is 60.7 Å². The van der Waals surface area contributed by atoms with E-state index in [1.807, 2.05) is 36.4 Å². The molecule has 0 saturated heterocycles. The van der Waals surface area contributed by atoms with Crippen LogP contribution in [0.5, 0.6) is 0 Å². The van der Waals surface area contributed by atoms with Crippen LogP contribution in [-0.4, -0.2) is 12.0 Å². The number of benzene rings is 2. The Kier molecular flexibility index (Phi) is 4.39. The van der Waals surface area contributed by atoms with E-state index in [0.29, 0.717) is 5.75 Å². The van der Waals surface area contributed by atoms with Crippen molar-refractivity contribution >= 4 is 18.0 Å². The maximum absolute atomic E-state index is 10.6. The third kappa shape index (κ3) is 3.21. The predicted molar refractivity (Wildman–Crippen MR) is 73.2 cm³/mol. The van der Waals surface area contributed by atoms with E-state index in [4.69, 9.17) is 0 Å². The van der Waals surface area contributed by atoms with Gasteiger partial charge in [0.15, 0.2) is 0 Å². The number of aldehydes is 1. The lowest BCUT2D eigenvalue weighted by atomic mass is 10.0. The monoisotopic (exact) mass is 242 g/mol. The van der Waals surface area contributed by atoms with Crippen molar-refractivity contribution in [2.75, 3.05) is 5.75 Å². The topological polar surface area (TPSA) is 17.1 Å². The van der Waals surface area contributed by atoms with E-state index in [2.05, 4.69) is 24.3 Å². The summed E-state index contributed by atoms with van der Waals surface area (Å²) >= 11 is 1.66. The van der Waals surface area contributed by atoms with Gasteiger partial charge in [0, 0.05) is 0 Å². The summed E-state index contributed by atoms with van der Waals surface area (Å²) in [7, 11) is 0. The van der Waals surface area contributed by atoms with E-state index in [1.54, 1.807) is 11.8 Å². The van der Waals surface area contributed by atoms with Crippen LogP contribution in [0.4, 0.5) is 0 Å². The van der Waals surface area contributed by atoms with Crippen molar-refractivity contribution in [3.8, 4) is 0 Å². The molecule has 0 aliphatic carbocycles. The Balaban J connectivity index is 2.29. The molecule has 2 heteroatoms. The van der Waals surface area contributed by atoms with Crippen LogP contribution in [-0.2, 0) is 4.79 Å². The summed E-state index contributed by atoms with van der Waals surface area (Å²) in [6, 6.07) is 20.6. The van der Waals surface area contributed by atoms with E-state index >= 15 is 0 Å². The van der Waals surface area contributed by atoms with Crippen LogP contribution < -0.4 is 0 Å². The van der Waals surface area contributed by atoms with Crippen molar-refractivity contribution in [2.24, 2.45) is 0 Å². The van der Waals surface area contributed by atoms with Gasteiger partial charge < -0.3 is 4.79 Å². The zero-order valence-electron chi connectivity index (χ0n) is 9.45. The molecule has 0 aliphatic heterocycles. The lowest BCUT2D eigenvalue weighted by molar-refractivity contribution is -0.105. The molecule has 0 heterocycles. The highest BCUT2D eigenvalue weighted by molar-refractivity contribution is 8.00. The lowest BCUT2D eigenvalue weighted by Crippen LogP contribution is -1.98. The fraction of sp³-hybridized carbons (Fsp3) is 0.133. The summed E-state index contributed by atoms with van der Waals surface area (Å²) < 4.78 is 0. The van der Waals surface area contributed by atoms with Gasteiger partial charge in [-0.05, 0) is 11.1 Å². The second-order valence-corrected chi connectivity index (χ2v) is 4.84. The van der Waals surface area contributed by atoms with Gasteiger partial charge in [-0.1, -0.05) is 60.7 Å². The van der Waals surface area contributed by atoms with E-state index in [-0.39, 0.29) is 5.25 Å². The van der Waals surface area contributed by atoms with Gasteiger partial charge in [-0.15, -0.1) is 11.8 Å². The predicted octanol–water partition coefficient (Wildman–Crippen LogP) is 3.71. The molecular weight excluding hydrogens is 228 g/mol. The molecule has 2 aromatic carbocycles. The molecule has 0 aromatic heterocycles. The molecule has 0 bridgehead atoms. The first-order chi connectivity index (χ1) is 8.42. The second kappa shape index (κ2) is 6.26. The maximum Gasteiger partial charge on any atom is 0.129 e. The molecule has 0 atom stereocenters. The third-order valence-corrected chi connectivity index (χ3v) is 3.74. The molecule has 0 saturated carbocycles. The minimum absolute atomic E-state index is 0.239. The number of thioether (sulfide) groups is 1. The fourth-order valence-corrected chi connectivity index (χ4v) is 2.75. The van der Waals surface area contributed by atoms with Crippen molar-refractivity contribution in [1.82, 2.24) is 0 Å². The molecule has 0 amide bonds. The molecule has 17 heavy (non-hydrogen) atoms. The maximum atomic E-state index is 10.6. The minimum atomic E-state index is 0.239. The van der Waals surface area contributed by atoms with E-state index in [9.17, 15) is 4.79 Å². The largest absolute Gasteiger partial charge is 0.302 e. The highest BCUT2D eigenvalue weighted by atomic mass is 32.2. The summed E-state index contributed by atoms with van der Waals surface area (Å²) in [6.45, 7) is 0. The smallest absolute Gasteiger partial charge is 0.129 e. The van der Waals surface area contributed by atoms with Crippen molar-refractivity contribution in [2.45, 2.75) is 5.25 Å². The van der Waals surface area contributed by atoms with E-state index in [0.717, 1.165) is 6.29 Å². The minimum Gasteiger partial charge on any atom is -0.302 e. The fourth-order valence-electron chi connectivity index (χ4n) is 1.78.